The lowest BCUT2D eigenvalue weighted by atomic mass is 10.0. The van der Waals surface area contributed by atoms with Crippen molar-refractivity contribution in [1.82, 2.24) is 24.3 Å². The highest BCUT2D eigenvalue weighted by molar-refractivity contribution is 9.10. The van der Waals surface area contributed by atoms with Crippen molar-refractivity contribution in [2.45, 2.75) is 28.9 Å². The van der Waals surface area contributed by atoms with E-state index in [0.717, 1.165) is 30.1 Å². The first-order valence-electron chi connectivity index (χ1n) is 10.8. The molecule has 3 aromatic heterocycles. The van der Waals surface area contributed by atoms with Gasteiger partial charge in [-0.05, 0) is 46.3 Å². The molecular formula is C24H13BrF5N5OS. The van der Waals surface area contributed by atoms with Gasteiger partial charge >= 0.3 is 11.9 Å². The molecule has 2 aromatic carbocycles. The van der Waals surface area contributed by atoms with Gasteiger partial charge in [0.05, 0.1) is 39.6 Å². The van der Waals surface area contributed by atoms with Gasteiger partial charge in [0, 0.05) is 39.7 Å². The second kappa shape index (κ2) is 8.62. The SMILES string of the molecule is O=c1ncc2cc(C(F)(F)F)cc3c2n1CC(n1ncc2cccnc21)C(c1cc(Br)c(F)cc1F)S3. The Balaban J connectivity index is 1.66. The molecule has 0 aliphatic carbocycles. The molecule has 13 heteroatoms. The van der Waals surface area contributed by atoms with Crippen LogP contribution in [0.15, 0.2) is 69.2 Å². The van der Waals surface area contributed by atoms with E-state index in [-0.39, 0.29) is 32.4 Å². The Kier molecular flexibility index (Phi) is 5.60. The largest absolute Gasteiger partial charge is 0.416 e. The third-order valence-corrected chi connectivity index (χ3v) is 8.23. The van der Waals surface area contributed by atoms with Gasteiger partial charge in [0.15, 0.2) is 5.65 Å². The molecule has 2 atom stereocenters. The highest BCUT2D eigenvalue weighted by Gasteiger charge is 2.37. The number of fused-ring (bicyclic) bond motifs is 1. The van der Waals surface area contributed by atoms with Crippen LogP contribution >= 0.6 is 27.7 Å². The molecular weight excluding hydrogens is 581 g/mol. The van der Waals surface area contributed by atoms with Gasteiger partial charge in [0.25, 0.3) is 0 Å². The molecule has 2 unspecified atom stereocenters. The number of thioether (sulfide) groups is 1. The van der Waals surface area contributed by atoms with E-state index < -0.39 is 40.4 Å². The summed E-state index contributed by atoms with van der Waals surface area (Å²) in [6, 6.07) is 6.52. The van der Waals surface area contributed by atoms with Gasteiger partial charge in [-0.2, -0.15) is 18.3 Å². The van der Waals surface area contributed by atoms with Crippen LogP contribution in [-0.2, 0) is 12.7 Å². The molecule has 4 heterocycles. The summed E-state index contributed by atoms with van der Waals surface area (Å²) in [5.74, 6) is -1.71. The molecule has 1 aliphatic rings. The lowest BCUT2D eigenvalue weighted by molar-refractivity contribution is -0.137. The summed E-state index contributed by atoms with van der Waals surface area (Å²) >= 11 is 4.03. The molecule has 0 amide bonds. The van der Waals surface area contributed by atoms with Gasteiger partial charge < -0.3 is 0 Å². The van der Waals surface area contributed by atoms with Crippen LogP contribution in [0.2, 0.25) is 0 Å². The zero-order valence-electron chi connectivity index (χ0n) is 18.4. The Hall–Kier alpha value is -3.32. The summed E-state index contributed by atoms with van der Waals surface area (Å²) in [6.07, 6.45) is -0.460. The molecule has 0 saturated carbocycles. The number of hydrogen-bond donors (Lipinski definition) is 0. The maximum atomic E-state index is 15.3. The number of hydrogen-bond acceptors (Lipinski definition) is 5. The van der Waals surface area contributed by atoms with Gasteiger partial charge in [-0.15, -0.1) is 11.8 Å². The highest BCUT2D eigenvalue weighted by atomic mass is 79.9. The van der Waals surface area contributed by atoms with Gasteiger partial charge in [0.2, 0.25) is 0 Å². The summed E-state index contributed by atoms with van der Waals surface area (Å²) < 4.78 is 73.4. The van der Waals surface area contributed by atoms with Crippen molar-refractivity contribution in [3.63, 3.8) is 0 Å². The molecule has 0 spiro atoms. The minimum absolute atomic E-state index is 0.0125. The lowest BCUT2D eigenvalue weighted by Crippen LogP contribution is -2.29. The van der Waals surface area contributed by atoms with Gasteiger partial charge in [0.1, 0.15) is 11.6 Å². The van der Waals surface area contributed by atoms with E-state index in [2.05, 4.69) is 31.0 Å². The second-order valence-electron chi connectivity index (χ2n) is 8.46. The number of rotatable bonds is 2. The van der Waals surface area contributed by atoms with Crippen LogP contribution in [0, 0.1) is 11.6 Å². The zero-order valence-corrected chi connectivity index (χ0v) is 20.8. The van der Waals surface area contributed by atoms with E-state index in [9.17, 15) is 22.4 Å². The summed E-state index contributed by atoms with van der Waals surface area (Å²) in [7, 11) is 0. The van der Waals surface area contributed by atoms with Gasteiger partial charge in [-0.1, -0.05) is 0 Å². The lowest BCUT2D eigenvalue weighted by Gasteiger charge is -2.26. The molecule has 0 fully saturated rings. The number of benzene rings is 2. The molecule has 0 saturated heterocycles. The topological polar surface area (TPSA) is 65.6 Å². The maximum Gasteiger partial charge on any atom is 0.416 e. The monoisotopic (exact) mass is 593 g/mol. The quantitative estimate of drug-likeness (QED) is 0.178. The van der Waals surface area contributed by atoms with Gasteiger partial charge in [-0.25, -0.2) is 28.2 Å². The number of pyridine rings is 1. The third-order valence-electron chi connectivity index (χ3n) is 6.24. The molecule has 6 rings (SSSR count). The standard InChI is InChI=1S/C24H13BrF5N5OS/c25-15-6-14(16(26)7-17(15)27)21-18(35-22-11(9-33-35)2-1-3-31-22)10-34-20-12(8-32-23(34)36)4-13(24(28,29)30)5-19(20)37-21/h1-9,18,21H,10H2. The van der Waals surface area contributed by atoms with E-state index in [4.69, 9.17) is 0 Å². The fraction of sp³-hybridized carbons (Fsp3) is 0.167. The normalized spacial score (nSPS) is 17.9. The van der Waals surface area contributed by atoms with Crippen LogP contribution in [0.1, 0.15) is 22.4 Å². The molecule has 37 heavy (non-hydrogen) atoms. The molecule has 0 N–H and O–H groups in total. The first-order valence-corrected chi connectivity index (χ1v) is 12.5. The molecule has 0 radical (unpaired) electrons. The Morgan fingerprint density at radius 2 is 1.84 bits per heavy atom. The Bertz CT molecular complexity index is 1770. The number of halogens is 6. The van der Waals surface area contributed by atoms with E-state index >= 15 is 4.39 Å². The number of aromatic nitrogens is 5. The van der Waals surface area contributed by atoms with Crippen LogP contribution < -0.4 is 5.69 Å². The van der Waals surface area contributed by atoms with Crippen LogP contribution in [0.3, 0.4) is 0 Å². The highest BCUT2D eigenvalue weighted by Crippen LogP contribution is 2.50. The van der Waals surface area contributed by atoms with Crippen molar-refractivity contribution in [2.24, 2.45) is 0 Å². The molecule has 1 aliphatic heterocycles. The summed E-state index contributed by atoms with van der Waals surface area (Å²) in [5, 5.41) is 4.30. The average molecular weight is 594 g/mol. The first-order chi connectivity index (χ1) is 17.6. The van der Waals surface area contributed by atoms with Gasteiger partial charge in [-0.3, -0.25) is 4.57 Å². The van der Waals surface area contributed by atoms with Crippen molar-refractivity contribution in [2.75, 3.05) is 0 Å². The smallest absolute Gasteiger partial charge is 0.289 e. The zero-order chi connectivity index (χ0) is 26.1. The fourth-order valence-corrected chi connectivity index (χ4v) is 6.42. The summed E-state index contributed by atoms with van der Waals surface area (Å²) in [4.78, 5) is 21.2. The van der Waals surface area contributed by atoms with Crippen molar-refractivity contribution in [3.05, 3.63) is 92.7 Å². The van der Waals surface area contributed by atoms with E-state index in [1.807, 2.05) is 0 Å². The van der Waals surface area contributed by atoms with E-state index in [0.29, 0.717) is 17.1 Å². The van der Waals surface area contributed by atoms with Crippen LogP contribution in [0.5, 0.6) is 0 Å². The molecule has 188 valence electrons. The Morgan fingerprint density at radius 1 is 1.03 bits per heavy atom. The van der Waals surface area contributed by atoms with Crippen molar-refractivity contribution < 1.29 is 22.0 Å². The Labute approximate surface area is 217 Å². The minimum Gasteiger partial charge on any atom is -0.289 e. The molecule has 0 bridgehead atoms. The third kappa shape index (κ3) is 4.00. The summed E-state index contributed by atoms with van der Waals surface area (Å²) in [6.45, 7) is -0.0962. The van der Waals surface area contributed by atoms with Crippen LogP contribution in [-0.4, -0.2) is 24.3 Å². The average Bonchev–Trinajstić information content (AvgIpc) is 3.20. The maximum absolute atomic E-state index is 15.3. The Morgan fingerprint density at radius 3 is 2.62 bits per heavy atom. The van der Waals surface area contributed by atoms with Crippen LogP contribution in [0.4, 0.5) is 22.0 Å². The summed E-state index contributed by atoms with van der Waals surface area (Å²) in [5.41, 5.74) is -0.892. The van der Waals surface area contributed by atoms with Crippen molar-refractivity contribution in [3.8, 4) is 0 Å². The second-order valence-corrected chi connectivity index (χ2v) is 10.5. The van der Waals surface area contributed by atoms with E-state index in [1.54, 1.807) is 24.5 Å². The van der Waals surface area contributed by atoms with Crippen LogP contribution in [0.25, 0.3) is 21.9 Å². The first kappa shape index (κ1) is 24.0. The number of nitrogens with zero attached hydrogens (tertiary/aromatic N) is 5. The minimum atomic E-state index is -4.67. The van der Waals surface area contributed by atoms with Crippen molar-refractivity contribution in [1.29, 1.82) is 0 Å². The van der Waals surface area contributed by atoms with E-state index in [1.165, 1.54) is 15.3 Å². The number of alkyl halides is 3. The van der Waals surface area contributed by atoms with Crippen molar-refractivity contribution >= 4 is 49.6 Å². The molecule has 6 nitrogen and oxygen atoms in total. The predicted octanol–water partition coefficient (Wildman–Crippen LogP) is 6.29. The predicted molar refractivity (Wildman–Crippen MR) is 130 cm³/mol. The molecule has 5 aromatic rings. The fourth-order valence-electron chi connectivity index (χ4n) is 4.58.